The molecule has 4 rings (SSSR count). The molecule has 30 heavy (non-hydrogen) atoms. The monoisotopic (exact) mass is 543 g/mol. The van der Waals surface area contributed by atoms with Gasteiger partial charge in [-0.2, -0.15) is 0 Å². The third kappa shape index (κ3) is 5.35. The summed E-state index contributed by atoms with van der Waals surface area (Å²) >= 11 is 6.21. The van der Waals surface area contributed by atoms with Gasteiger partial charge in [-0.25, -0.2) is 9.37 Å². The van der Waals surface area contributed by atoms with Crippen molar-refractivity contribution < 1.29 is 4.39 Å². The first-order valence-electron chi connectivity index (χ1n) is 10.2. The van der Waals surface area contributed by atoms with E-state index in [9.17, 15) is 4.39 Å². The van der Waals surface area contributed by atoms with E-state index in [1.54, 1.807) is 19.2 Å². The molecule has 2 heterocycles. The molecule has 2 N–H and O–H groups in total. The average Bonchev–Trinajstić information content (AvgIpc) is 3.46. The van der Waals surface area contributed by atoms with Gasteiger partial charge in [-0.15, -0.1) is 24.0 Å². The summed E-state index contributed by atoms with van der Waals surface area (Å²) < 4.78 is 14.1. The van der Waals surface area contributed by atoms with E-state index in [4.69, 9.17) is 11.6 Å². The molecule has 5 nitrogen and oxygen atoms in total. The number of anilines is 1. The van der Waals surface area contributed by atoms with Crippen LogP contribution < -0.4 is 15.5 Å². The Morgan fingerprint density at radius 1 is 1.17 bits per heavy atom. The number of rotatable bonds is 4. The maximum Gasteiger partial charge on any atom is 0.191 e. The number of hydrogen-bond donors (Lipinski definition) is 2. The van der Waals surface area contributed by atoms with E-state index in [-0.39, 0.29) is 41.8 Å². The van der Waals surface area contributed by atoms with Crippen molar-refractivity contribution in [2.75, 3.05) is 25.0 Å². The number of nitrogens with zero attached hydrogens (tertiary/aromatic N) is 3. The molecule has 8 heteroatoms. The van der Waals surface area contributed by atoms with Gasteiger partial charge >= 0.3 is 0 Å². The van der Waals surface area contributed by atoms with Crippen LogP contribution in [0.4, 0.5) is 10.2 Å². The van der Waals surface area contributed by atoms with Crippen LogP contribution in [-0.2, 0) is 0 Å². The molecule has 1 saturated heterocycles. The van der Waals surface area contributed by atoms with E-state index < -0.39 is 0 Å². The number of halogens is 3. The molecule has 2 aromatic rings. The minimum absolute atomic E-state index is 0. The zero-order valence-corrected chi connectivity index (χ0v) is 20.3. The number of benzene rings is 1. The Labute approximate surface area is 199 Å². The third-order valence-electron chi connectivity index (χ3n) is 5.74. The number of hydrogen-bond acceptors (Lipinski definition) is 3. The lowest BCUT2D eigenvalue weighted by molar-refractivity contribution is 0.459. The normalized spacial score (nSPS) is 21.7. The van der Waals surface area contributed by atoms with Crippen molar-refractivity contribution in [3.05, 3.63) is 58.5 Å². The number of aromatic nitrogens is 1. The van der Waals surface area contributed by atoms with Gasteiger partial charge in [-0.1, -0.05) is 23.7 Å². The van der Waals surface area contributed by atoms with Crippen LogP contribution in [0, 0.1) is 12.7 Å². The summed E-state index contributed by atoms with van der Waals surface area (Å²) in [6.45, 7) is 3.94. The van der Waals surface area contributed by atoms with Crippen molar-refractivity contribution in [2.45, 2.75) is 44.2 Å². The highest BCUT2D eigenvalue weighted by atomic mass is 127. The lowest BCUT2D eigenvalue weighted by Gasteiger charge is -2.34. The number of guanidine groups is 1. The van der Waals surface area contributed by atoms with Gasteiger partial charge in [-0.3, -0.25) is 4.99 Å². The van der Waals surface area contributed by atoms with Crippen molar-refractivity contribution in [2.24, 2.45) is 4.99 Å². The van der Waals surface area contributed by atoms with E-state index in [0.29, 0.717) is 16.6 Å². The second-order valence-electron chi connectivity index (χ2n) is 7.84. The van der Waals surface area contributed by atoms with Crippen molar-refractivity contribution in [1.82, 2.24) is 15.6 Å². The van der Waals surface area contributed by atoms with E-state index in [2.05, 4.69) is 37.6 Å². The summed E-state index contributed by atoms with van der Waals surface area (Å²) in [7, 11) is 1.77. The fraction of sp³-hybridized carbons (Fsp3) is 0.455. The minimum Gasteiger partial charge on any atom is -0.356 e. The average molecular weight is 544 g/mol. The van der Waals surface area contributed by atoms with E-state index >= 15 is 0 Å². The Kier molecular flexibility index (Phi) is 7.79. The number of pyridine rings is 1. The standard InChI is InChI=1S/C22H27ClFN5.HI/c1-14-5-3-8-20(26-14)29-11-9-15(10-12-29)27-22(25-2)28-19-13-16(19)21-17(23)6-4-7-18(21)24;/h3-8,15-16,19H,9-13H2,1-2H3,(H2,25,27,28);1H. The van der Waals surface area contributed by atoms with Crippen molar-refractivity contribution in [3.63, 3.8) is 0 Å². The lowest BCUT2D eigenvalue weighted by atomic mass is 10.1. The van der Waals surface area contributed by atoms with Gasteiger partial charge in [0.25, 0.3) is 0 Å². The SMILES string of the molecule is CN=C(NC1CCN(c2cccc(C)n2)CC1)NC1CC1c1c(F)cccc1Cl.I. The van der Waals surface area contributed by atoms with Gasteiger partial charge in [-0.05, 0) is 50.5 Å². The molecule has 2 aliphatic rings. The highest BCUT2D eigenvalue weighted by Gasteiger charge is 2.42. The quantitative estimate of drug-likeness (QED) is 0.339. The topological polar surface area (TPSA) is 52.6 Å². The molecule has 1 aliphatic carbocycles. The molecule has 1 saturated carbocycles. The zero-order valence-electron chi connectivity index (χ0n) is 17.2. The molecule has 0 bridgehead atoms. The Morgan fingerprint density at radius 3 is 2.57 bits per heavy atom. The van der Waals surface area contributed by atoms with E-state index in [0.717, 1.165) is 49.8 Å². The maximum atomic E-state index is 14.1. The second kappa shape index (κ2) is 10.1. The number of aryl methyl sites for hydroxylation is 1. The van der Waals surface area contributed by atoms with E-state index in [1.165, 1.54) is 6.07 Å². The summed E-state index contributed by atoms with van der Waals surface area (Å²) in [5.41, 5.74) is 1.65. The van der Waals surface area contributed by atoms with Crippen LogP contribution in [0.2, 0.25) is 5.02 Å². The summed E-state index contributed by atoms with van der Waals surface area (Å²) in [5, 5.41) is 7.46. The highest BCUT2D eigenvalue weighted by Crippen LogP contribution is 2.44. The smallest absolute Gasteiger partial charge is 0.191 e. The van der Waals surface area contributed by atoms with Crippen molar-refractivity contribution in [1.29, 1.82) is 0 Å². The van der Waals surface area contributed by atoms with Gasteiger partial charge < -0.3 is 15.5 Å². The molecular formula is C22H28ClFIN5. The predicted octanol–water partition coefficient (Wildman–Crippen LogP) is 4.49. The van der Waals surface area contributed by atoms with Crippen LogP contribution >= 0.6 is 35.6 Å². The Bertz CT molecular complexity index is 881. The van der Waals surface area contributed by atoms with Gasteiger partial charge in [0.1, 0.15) is 11.6 Å². The molecule has 0 radical (unpaired) electrons. The van der Waals surface area contributed by atoms with Crippen LogP contribution in [0.25, 0.3) is 0 Å². The van der Waals surface area contributed by atoms with Crippen molar-refractivity contribution in [3.8, 4) is 0 Å². The first-order chi connectivity index (χ1) is 14.0. The van der Waals surface area contributed by atoms with Crippen LogP contribution in [0.1, 0.15) is 36.4 Å². The summed E-state index contributed by atoms with van der Waals surface area (Å²) in [6, 6.07) is 11.5. The van der Waals surface area contributed by atoms with Gasteiger partial charge in [0.05, 0.1) is 0 Å². The molecular weight excluding hydrogens is 516 g/mol. The Balaban J connectivity index is 0.00000256. The molecule has 1 aromatic carbocycles. The van der Waals surface area contributed by atoms with Crippen LogP contribution in [0.5, 0.6) is 0 Å². The minimum atomic E-state index is -0.230. The van der Waals surface area contributed by atoms with Gasteiger partial charge in [0.15, 0.2) is 5.96 Å². The molecule has 1 aliphatic heterocycles. The molecule has 0 spiro atoms. The van der Waals surface area contributed by atoms with Crippen molar-refractivity contribution >= 4 is 47.4 Å². The van der Waals surface area contributed by atoms with Crippen LogP contribution in [0.3, 0.4) is 0 Å². The molecule has 162 valence electrons. The number of nitrogens with one attached hydrogen (secondary N) is 2. The molecule has 1 aromatic heterocycles. The number of piperidine rings is 1. The van der Waals surface area contributed by atoms with Gasteiger partial charge in [0.2, 0.25) is 0 Å². The van der Waals surface area contributed by atoms with Gasteiger partial charge in [0, 0.05) is 54.4 Å². The van der Waals surface area contributed by atoms with E-state index in [1.807, 2.05) is 13.0 Å². The first-order valence-corrected chi connectivity index (χ1v) is 10.6. The fourth-order valence-corrected chi connectivity index (χ4v) is 4.34. The Morgan fingerprint density at radius 2 is 1.90 bits per heavy atom. The summed E-state index contributed by atoms with van der Waals surface area (Å²) in [6.07, 6.45) is 2.89. The predicted molar refractivity (Wildman–Crippen MR) is 132 cm³/mol. The molecule has 0 amide bonds. The largest absolute Gasteiger partial charge is 0.356 e. The van der Waals surface area contributed by atoms with Crippen LogP contribution in [-0.4, -0.2) is 43.2 Å². The first kappa shape index (κ1) is 23.1. The number of aliphatic imine (C=N–C) groups is 1. The highest BCUT2D eigenvalue weighted by molar-refractivity contribution is 14.0. The molecule has 2 unspecified atom stereocenters. The maximum absolute atomic E-state index is 14.1. The third-order valence-corrected chi connectivity index (χ3v) is 6.07. The zero-order chi connectivity index (χ0) is 20.4. The summed E-state index contributed by atoms with van der Waals surface area (Å²) in [4.78, 5) is 11.3. The molecule has 2 fully saturated rings. The fourth-order valence-electron chi connectivity index (χ4n) is 4.04. The Hall–Kier alpha value is -1.61. The second-order valence-corrected chi connectivity index (χ2v) is 8.25. The summed E-state index contributed by atoms with van der Waals surface area (Å²) in [5.74, 6) is 1.69. The molecule has 2 atom stereocenters. The van der Waals surface area contributed by atoms with Crippen LogP contribution in [0.15, 0.2) is 41.4 Å². The lowest BCUT2D eigenvalue weighted by Crippen LogP contribution is -2.49.